The van der Waals surface area contributed by atoms with Crippen molar-refractivity contribution in [2.75, 3.05) is 31.1 Å². The van der Waals surface area contributed by atoms with E-state index in [4.69, 9.17) is 27.9 Å². The van der Waals surface area contributed by atoms with E-state index in [9.17, 15) is 4.79 Å². The Balaban J connectivity index is 1.20. The third-order valence-corrected chi connectivity index (χ3v) is 6.48. The van der Waals surface area contributed by atoms with E-state index in [2.05, 4.69) is 11.9 Å². The Labute approximate surface area is 204 Å². The number of carbonyl (C=O) groups is 1. The van der Waals surface area contributed by atoms with Crippen molar-refractivity contribution in [2.24, 2.45) is 5.92 Å². The molecule has 0 aliphatic carbocycles. The van der Waals surface area contributed by atoms with Crippen molar-refractivity contribution in [2.45, 2.75) is 19.8 Å². The van der Waals surface area contributed by atoms with Crippen LogP contribution in [0.3, 0.4) is 0 Å². The SMILES string of the molecule is C[C@@H](CCOc1ccc(-c2ccc(Cl)cc2Cl)cc1)CCN1CCN(c2ccncc2)C1=O. The van der Waals surface area contributed by atoms with Crippen molar-refractivity contribution in [1.82, 2.24) is 9.88 Å². The molecule has 1 aliphatic heterocycles. The number of anilines is 1. The fourth-order valence-corrected chi connectivity index (χ4v) is 4.42. The summed E-state index contributed by atoms with van der Waals surface area (Å²) in [6.45, 7) is 5.08. The van der Waals surface area contributed by atoms with E-state index in [1.807, 2.05) is 58.3 Å². The molecule has 5 nitrogen and oxygen atoms in total. The minimum atomic E-state index is 0.0746. The summed E-state index contributed by atoms with van der Waals surface area (Å²) in [6.07, 6.45) is 5.32. The van der Waals surface area contributed by atoms with E-state index in [-0.39, 0.29) is 6.03 Å². The molecule has 2 heterocycles. The smallest absolute Gasteiger partial charge is 0.324 e. The Morgan fingerprint density at radius 1 is 1.00 bits per heavy atom. The predicted octanol–water partition coefficient (Wildman–Crippen LogP) is 6.79. The van der Waals surface area contributed by atoms with Crippen LogP contribution in [0.15, 0.2) is 67.0 Å². The summed E-state index contributed by atoms with van der Waals surface area (Å²) in [5.41, 5.74) is 2.87. The molecule has 0 radical (unpaired) electrons. The van der Waals surface area contributed by atoms with Crippen LogP contribution in [0, 0.1) is 5.92 Å². The fraction of sp³-hybridized carbons (Fsp3) is 0.308. The minimum absolute atomic E-state index is 0.0746. The van der Waals surface area contributed by atoms with Gasteiger partial charge in [-0.15, -0.1) is 0 Å². The maximum Gasteiger partial charge on any atom is 0.324 e. The normalized spacial score (nSPS) is 14.6. The molecule has 3 aromatic rings. The first-order valence-electron chi connectivity index (χ1n) is 11.2. The van der Waals surface area contributed by atoms with Crippen molar-refractivity contribution in [1.29, 1.82) is 0 Å². The maximum absolute atomic E-state index is 12.7. The average Bonchev–Trinajstić information content (AvgIpc) is 3.19. The number of amides is 2. The number of halogens is 2. The molecule has 0 N–H and O–H groups in total. The molecular formula is C26H27Cl2N3O2. The zero-order chi connectivity index (χ0) is 23.2. The van der Waals surface area contributed by atoms with Gasteiger partial charge in [-0.3, -0.25) is 9.88 Å². The summed E-state index contributed by atoms with van der Waals surface area (Å²) < 4.78 is 5.94. The second-order valence-electron chi connectivity index (χ2n) is 8.31. The Hall–Kier alpha value is -2.76. The first kappa shape index (κ1) is 23.4. The number of benzene rings is 2. The highest BCUT2D eigenvalue weighted by atomic mass is 35.5. The molecule has 0 saturated carbocycles. The van der Waals surface area contributed by atoms with Gasteiger partial charge in [-0.25, -0.2) is 4.79 Å². The Morgan fingerprint density at radius 2 is 1.76 bits per heavy atom. The van der Waals surface area contributed by atoms with Gasteiger partial charge in [0.2, 0.25) is 0 Å². The van der Waals surface area contributed by atoms with Crippen LogP contribution in [0.5, 0.6) is 5.75 Å². The van der Waals surface area contributed by atoms with Crippen LogP contribution in [0.1, 0.15) is 19.8 Å². The fourth-order valence-electron chi connectivity index (χ4n) is 3.91. The molecule has 2 aromatic carbocycles. The summed E-state index contributed by atoms with van der Waals surface area (Å²) in [6, 6.07) is 17.2. The zero-order valence-electron chi connectivity index (χ0n) is 18.6. The third kappa shape index (κ3) is 5.98. The molecule has 1 aliphatic rings. The van der Waals surface area contributed by atoms with Crippen LogP contribution < -0.4 is 9.64 Å². The molecule has 1 atom stereocenters. The van der Waals surface area contributed by atoms with E-state index < -0.39 is 0 Å². The molecule has 2 amide bonds. The summed E-state index contributed by atoms with van der Waals surface area (Å²) >= 11 is 12.3. The number of hydrogen-bond acceptors (Lipinski definition) is 3. The highest BCUT2D eigenvalue weighted by Crippen LogP contribution is 2.31. The number of rotatable bonds is 9. The van der Waals surface area contributed by atoms with E-state index in [1.54, 1.807) is 18.5 Å². The maximum atomic E-state index is 12.7. The molecule has 0 unspecified atom stereocenters. The van der Waals surface area contributed by atoms with E-state index in [0.717, 1.165) is 55.0 Å². The number of nitrogens with zero attached hydrogens (tertiary/aromatic N) is 3. The molecule has 1 fully saturated rings. The second kappa shape index (κ2) is 10.9. The van der Waals surface area contributed by atoms with Crippen LogP contribution in [0.4, 0.5) is 10.5 Å². The minimum Gasteiger partial charge on any atom is -0.494 e. The lowest BCUT2D eigenvalue weighted by molar-refractivity contribution is 0.214. The third-order valence-electron chi connectivity index (χ3n) is 5.94. The molecule has 0 bridgehead atoms. The molecule has 1 saturated heterocycles. The van der Waals surface area contributed by atoms with Gasteiger partial charge >= 0.3 is 6.03 Å². The lowest BCUT2D eigenvalue weighted by atomic mass is 10.0. The number of urea groups is 1. The first-order chi connectivity index (χ1) is 16.0. The van der Waals surface area contributed by atoms with Crippen molar-refractivity contribution >= 4 is 34.9 Å². The number of pyridine rings is 1. The quantitative estimate of drug-likeness (QED) is 0.336. The predicted molar refractivity (Wildman–Crippen MR) is 134 cm³/mol. The number of ether oxygens (including phenoxy) is 1. The summed E-state index contributed by atoms with van der Waals surface area (Å²) in [5, 5.41) is 1.25. The highest BCUT2D eigenvalue weighted by Gasteiger charge is 2.29. The second-order valence-corrected chi connectivity index (χ2v) is 9.15. The number of aromatic nitrogens is 1. The summed E-state index contributed by atoms with van der Waals surface area (Å²) in [5.74, 6) is 1.29. The van der Waals surface area contributed by atoms with Crippen molar-refractivity contribution in [3.8, 4) is 16.9 Å². The largest absolute Gasteiger partial charge is 0.494 e. The van der Waals surface area contributed by atoms with Gasteiger partial charge < -0.3 is 9.64 Å². The number of hydrogen-bond donors (Lipinski definition) is 0. The lowest BCUT2D eigenvalue weighted by Gasteiger charge is -2.20. The van der Waals surface area contributed by atoms with Crippen molar-refractivity contribution < 1.29 is 9.53 Å². The zero-order valence-corrected chi connectivity index (χ0v) is 20.1. The standard InChI is InChI=1S/C26H27Cl2N3O2/c1-19(10-14-30-15-16-31(26(30)32)22-8-12-29-13-9-22)11-17-33-23-5-2-20(3-6-23)24-7-4-21(27)18-25(24)28/h2-9,12-13,18-19H,10-11,14-17H2,1H3/t19-/m1/s1. The van der Waals surface area contributed by atoms with Crippen LogP contribution in [-0.4, -0.2) is 42.2 Å². The van der Waals surface area contributed by atoms with Gasteiger partial charge in [0.25, 0.3) is 0 Å². The van der Waals surface area contributed by atoms with E-state index in [1.165, 1.54) is 0 Å². The monoisotopic (exact) mass is 483 g/mol. The van der Waals surface area contributed by atoms with Gasteiger partial charge in [0.15, 0.2) is 0 Å². The summed E-state index contributed by atoms with van der Waals surface area (Å²) in [4.78, 5) is 20.4. The highest BCUT2D eigenvalue weighted by molar-refractivity contribution is 6.36. The van der Waals surface area contributed by atoms with Gasteiger partial charge in [0.05, 0.1) is 6.61 Å². The van der Waals surface area contributed by atoms with Gasteiger partial charge in [-0.2, -0.15) is 0 Å². The van der Waals surface area contributed by atoms with Crippen LogP contribution in [0.2, 0.25) is 10.0 Å². The number of carbonyl (C=O) groups excluding carboxylic acids is 1. The molecule has 1 aromatic heterocycles. The van der Waals surface area contributed by atoms with Crippen molar-refractivity contribution in [3.63, 3.8) is 0 Å². The molecule has 7 heteroatoms. The van der Waals surface area contributed by atoms with Crippen LogP contribution in [0.25, 0.3) is 11.1 Å². The molecular weight excluding hydrogens is 457 g/mol. The van der Waals surface area contributed by atoms with Gasteiger partial charge in [0, 0.05) is 53.3 Å². The summed E-state index contributed by atoms with van der Waals surface area (Å²) in [7, 11) is 0. The van der Waals surface area contributed by atoms with E-state index in [0.29, 0.717) is 22.6 Å². The van der Waals surface area contributed by atoms with Crippen molar-refractivity contribution in [3.05, 3.63) is 77.0 Å². The Bertz CT molecular complexity index is 1080. The molecule has 33 heavy (non-hydrogen) atoms. The van der Waals surface area contributed by atoms with Crippen LogP contribution in [-0.2, 0) is 0 Å². The first-order valence-corrected chi connectivity index (χ1v) is 11.9. The Morgan fingerprint density at radius 3 is 2.48 bits per heavy atom. The van der Waals surface area contributed by atoms with Crippen LogP contribution >= 0.6 is 23.2 Å². The lowest BCUT2D eigenvalue weighted by Crippen LogP contribution is -2.33. The molecule has 4 rings (SSSR count). The van der Waals surface area contributed by atoms with Gasteiger partial charge in [-0.1, -0.05) is 48.3 Å². The molecule has 172 valence electrons. The molecule has 0 spiro atoms. The van der Waals surface area contributed by atoms with Gasteiger partial charge in [0.1, 0.15) is 5.75 Å². The van der Waals surface area contributed by atoms with Gasteiger partial charge in [-0.05, 0) is 60.7 Å². The topological polar surface area (TPSA) is 45.7 Å². The Kier molecular flexibility index (Phi) is 7.73. The average molecular weight is 484 g/mol. The van der Waals surface area contributed by atoms with E-state index >= 15 is 0 Å².